The predicted octanol–water partition coefficient (Wildman–Crippen LogP) is 4.65. The smallest absolute Gasteiger partial charge is 0.338 e. The maximum absolute atomic E-state index is 11.6. The molecule has 0 aliphatic heterocycles. The number of carbonyl (C=O) groups is 1. The summed E-state index contributed by atoms with van der Waals surface area (Å²) >= 11 is 1.64. The molecule has 0 bridgehead atoms. The number of nitrogens with zero attached hydrogens (tertiary/aromatic N) is 1. The van der Waals surface area contributed by atoms with Crippen LogP contribution >= 0.6 is 11.3 Å². The lowest BCUT2D eigenvalue weighted by atomic mass is 10.1. The van der Waals surface area contributed by atoms with Gasteiger partial charge in [-0.2, -0.15) is 0 Å². The molecule has 0 amide bonds. The van der Waals surface area contributed by atoms with Crippen LogP contribution in [0.5, 0.6) is 0 Å². The number of thiazole rings is 1. The molecule has 1 aromatic heterocycles. The van der Waals surface area contributed by atoms with E-state index in [-0.39, 0.29) is 5.97 Å². The van der Waals surface area contributed by atoms with E-state index in [4.69, 9.17) is 4.74 Å². The average Bonchev–Trinajstić information content (AvgIpc) is 3.06. The number of benzene rings is 2. The topological polar surface area (TPSA) is 39.2 Å². The van der Waals surface area contributed by atoms with Crippen LogP contribution in [0.4, 0.5) is 0 Å². The average molecular weight is 309 g/mol. The van der Waals surface area contributed by atoms with E-state index in [1.54, 1.807) is 30.4 Å². The highest BCUT2D eigenvalue weighted by Gasteiger charge is 2.09. The second kappa shape index (κ2) is 6.54. The summed E-state index contributed by atoms with van der Waals surface area (Å²) in [6.07, 6.45) is 1.87. The Labute approximate surface area is 133 Å². The zero-order valence-electron chi connectivity index (χ0n) is 12.2. The van der Waals surface area contributed by atoms with Gasteiger partial charge in [-0.3, -0.25) is 0 Å². The van der Waals surface area contributed by atoms with Crippen LogP contribution in [0.25, 0.3) is 21.0 Å². The van der Waals surface area contributed by atoms with Gasteiger partial charge in [0.1, 0.15) is 5.01 Å². The predicted molar refractivity (Wildman–Crippen MR) is 88.9 cm³/mol. The van der Waals surface area contributed by atoms with E-state index in [0.717, 1.165) is 21.0 Å². The van der Waals surface area contributed by atoms with Crippen LogP contribution in [-0.2, 0) is 4.74 Å². The van der Waals surface area contributed by atoms with Crippen molar-refractivity contribution in [3.63, 3.8) is 0 Å². The SMILES string of the molecule is CCOC(=O)c1ccc(-c2cnc(-c3ccccc3)s2)cc1. The third kappa shape index (κ3) is 3.07. The van der Waals surface area contributed by atoms with Crippen molar-refractivity contribution in [1.82, 2.24) is 4.98 Å². The van der Waals surface area contributed by atoms with E-state index in [0.29, 0.717) is 12.2 Å². The third-order valence-electron chi connectivity index (χ3n) is 3.21. The minimum absolute atomic E-state index is 0.289. The molecule has 3 aromatic rings. The Balaban J connectivity index is 1.83. The van der Waals surface area contributed by atoms with Crippen LogP contribution in [0.3, 0.4) is 0 Å². The minimum atomic E-state index is -0.289. The quantitative estimate of drug-likeness (QED) is 0.658. The Morgan fingerprint density at radius 1 is 1.05 bits per heavy atom. The molecule has 4 heteroatoms. The fourth-order valence-corrected chi connectivity index (χ4v) is 3.03. The molecule has 0 aliphatic rings. The summed E-state index contributed by atoms with van der Waals surface area (Å²) in [6, 6.07) is 17.5. The highest BCUT2D eigenvalue weighted by Crippen LogP contribution is 2.31. The van der Waals surface area contributed by atoms with Crippen LogP contribution in [0.2, 0.25) is 0 Å². The van der Waals surface area contributed by atoms with E-state index < -0.39 is 0 Å². The van der Waals surface area contributed by atoms with Gasteiger partial charge in [-0.1, -0.05) is 42.5 Å². The van der Waals surface area contributed by atoms with Crippen molar-refractivity contribution < 1.29 is 9.53 Å². The summed E-state index contributed by atoms with van der Waals surface area (Å²) in [5.74, 6) is -0.289. The molecule has 0 spiro atoms. The van der Waals surface area contributed by atoms with E-state index in [1.165, 1.54) is 0 Å². The molecular weight excluding hydrogens is 294 g/mol. The number of aromatic nitrogens is 1. The van der Waals surface area contributed by atoms with Gasteiger partial charge in [-0.25, -0.2) is 9.78 Å². The molecule has 0 fully saturated rings. The normalized spacial score (nSPS) is 10.4. The van der Waals surface area contributed by atoms with Gasteiger partial charge in [0.15, 0.2) is 0 Å². The van der Waals surface area contributed by atoms with Gasteiger partial charge in [0, 0.05) is 11.8 Å². The first-order chi connectivity index (χ1) is 10.8. The van der Waals surface area contributed by atoms with Gasteiger partial charge in [0.05, 0.1) is 17.0 Å². The number of esters is 1. The summed E-state index contributed by atoms with van der Waals surface area (Å²) in [7, 11) is 0. The molecule has 1 heterocycles. The molecule has 0 N–H and O–H groups in total. The molecule has 0 atom stereocenters. The monoisotopic (exact) mass is 309 g/mol. The first kappa shape index (κ1) is 14.5. The first-order valence-corrected chi connectivity index (χ1v) is 7.88. The van der Waals surface area contributed by atoms with Gasteiger partial charge in [-0.15, -0.1) is 11.3 Å². The number of carbonyl (C=O) groups excluding carboxylic acids is 1. The standard InChI is InChI=1S/C18H15NO2S/c1-2-21-18(20)15-10-8-13(9-11-15)16-12-19-17(22-16)14-6-4-3-5-7-14/h3-12H,2H2,1H3. The Morgan fingerprint density at radius 2 is 1.77 bits per heavy atom. The number of hydrogen-bond donors (Lipinski definition) is 0. The summed E-state index contributed by atoms with van der Waals surface area (Å²) in [6.45, 7) is 2.19. The Hall–Kier alpha value is -2.46. The fourth-order valence-electron chi connectivity index (χ4n) is 2.11. The van der Waals surface area contributed by atoms with Crippen LogP contribution in [0, 0.1) is 0 Å². The Bertz CT molecular complexity index is 763. The van der Waals surface area contributed by atoms with Gasteiger partial charge in [0.2, 0.25) is 0 Å². The molecular formula is C18H15NO2S. The molecule has 0 saturated carbocycles. The number of hydrogen-bond acceptors (Lipinski definition) is 4. The number of ether oxygens (including phenoxy) is 1. The molecule has 110 valence electrons. The molecule has 3 rings (SSSR count). The van der Waals surface area contributed by atoms with Gasteiger partial charge in [-0.05, 0) is 24.6 Å². The van der Waals surface area contributed by atoms with Gasteiger partial charge < -0.3 is 4.74 Å². The van der Waals surface area contributed by atoms with Crippen molar-refractivity contribution in [3.8, 4) is 21.0 Å². The summed E-state index contributed by atoms with van der Waals surface area (Å²) in [5.41, 5.74) is 2.73. The minimum Gasteiger partial charge on any atom is -0.462 e. The molecule has 0 unspecified atom stereocenters. The van der Waals surface area contributed by atoms with Crippen molar-refractivity contribution in [2.45, 2.75) is 6.92 Å². The van der Waals surface area contributed by atoms with Gasteiger partial charge >= 0.3 is 5.97 Å². The molecule has 0 aliphatic carbocycles. The second-order valence-electron chi connectivity index (χ2n) is 4.69. The van der Waals surface area contributed by atoms with Crippen LogP contribution in [0.15, 0.2) is 60.8 Å². The maximum atomic E-state index is 11.6. The summed E-state index contributed by atoms with van der Waals surface area (Å²) in [4.78, 5) is 17.2. The molecule has 0 saturated heterocycles. The fraction of sp³-hybridized carbons (Fsp3) is 0.111. The highest BCUT2D eigenvalue weighted by atomic mass is 32.1. The van der Waals surface area contributed by atoms with E-state index in [1.807, 2.05) is 48.7 Å². The zero-order chi connectivity index (χ0) is 15.4. The maximum Gasteiger partial charge on any atom is 0.338 e. The molecule has 2 aromatic carbocycles. The van der Waals surface area contributed by atoms with Crippen molar-refractivity contribution in [3.05, 3.63) is 66.4 Å². The van der Waals surface area contributed by atoms with Crippen LogP contribution in [0.1, 0.15) is 17.3 Å². The van der Waals surface area contributed by atoms with E-state index in [9.17, 15) is 4.79 Å². The Morgan fingerprint density at radius 3 is 2.45 bits per heavy atom. The summed E-state index contributed by atoms with van der Waals surface area (Å²) in [5, 5.41) is 0.991. The summed E-state index contributed by atoms with van der Waals surface area (Å²) < 4.78 is 4.99. The first-order valence-electron chi connectivity index (χ1n) is 7.06. The largest absolute Gasteiger partial charge is 0.462 e. The lowest BCUT2D eigenvalue weighted by Gasteiger charge is -2.02. The van der Waals surface area contributed by atoms with Crippen molar-refractivity contribution >= 4 is 17.3 Å². The molecule has 22 heavy (non-hydrogen) atoms. The lowest BCUT2D eigenvalue weighted by Crippen LogP contribution is -2.03. The van der Waals surface area contributed by atoms with Crippen molar-refractivity contribution in [2.24, 2.45) is 0 Å². The number of rotatable bonds is 4. The highest BCUT2D eigenvalue weighted by molar-refractivity contribution is 7.18. The lowest BCUT2D eigenvalue weighted by molar-refractivity contribution is 0.0526. The van der Waals surface area contributed by atoms with Crippen LogP contribution < -0.4 is 0 Å². The van der Waals surface area contributed by atoms with E-state index in [2.05, 4.69) is 4.98 Å². The van der Waals surface area contributed by atoms with Crippen molar-refractivity contribution in [2.75, 3.05) is 6.61 Å². The zero-order valence-corrected chi connectivity index (χ0v) is 13.0. The molecule has 3 nitrogen and oxygen atoms in total. The second-order valence-corrected chi connectivity index (χ2v) is 5.72. The van der Waals surface area contributed by atoms with Gasteiger partial charge in [0.25, 0.3) is 0 Å². The Kier molecular flexibility index (Phi) is 4.30. The van der Waals surface area contributed by atoms with Crippen LogP contribution in [-0.4, -0.2) is 17.6 Å². The van der Waals surface area contributed by atoms with E-state index >= 15 is 0 Å². The third-order valence-corrected chi connectivity index (χ3v) is 4.30. The van der Waals surface area contributed by atoms with Crippen molar-refractivity contribution in [1.29, 1.82) is 0 Å². The molecule has 0 radical (unpaired) electrons.